The van der Waals surface area contributed by atoms with Crippen LogP contribution in [0.4, 0.5) is 0 Å². The van der Waals surface area contributed by atoms with Crippen LogP contribution in [-0.4, -0.2) is 65.7 Å². The molecule has 0 fully saturated rings. The van der Waals surface area contributed by atoms with Crippen molar-refractivity contribution in [1.82, 2.24) is 0 Å². The van der Waals surface area contributed by atoms with Crippen molar-refractivity contribution in [3.05, 3.63) is 0 Å². The van der Waals surface area contributed by atoms with Gasteiger partial charge in [0, 0.05) is 12.8 Å². The monoisotopic (exact) mass is 582 g/mol. The summed E-state index contributed by atoms with van der Waals surface area (Å²) in [6.07, 6.45) is 15.4. The Kier molecular flexibility index (Phi) is 25.2. The Morgan fingerprint density at radius 3 is 1.59 bits per heavy atom. The largest absolute Gasteiger partial charge is 0.472 e. The second kappa shape index (κ2) is 25.9. The summed E-state index contributed by atoms with van der Waals surface area (Å²) in [7, 11) is -4.59. The molecule has 0 aromatic heterocycles. The zero-order chi connectivity index (χ0) is 29.2. The zero-order valence-corrected chi connectivity index (χ0v) is 25.3. The van der Waals surface area contributed by atoms with Gasteiger partial charge in [0.1, 0.15) is 12.7 Å². The lowest BCUT2D eigenvalue weighted by atomic mass is 10.1. The smallest absolute Gasteiger partial charge is 0.462 e. The fraction of sp³-hybridized carbons (Fsp3) is 0.929. The topological polar surface area (TPSA) is 149 Å². The number of esters is 2. The second-order valence-corrected chi connectivity index (χ2v) is 11.6. The Bertz CT molecular complexity index is 646. The first-order valence-corrected chi connectivity index (χ1v) is 16.5. The number of phosphoric ester groups is 1. The van der Waals surface area contributed by atoms with Crippen molar-refractivity contribution < 1.29 is 47.8 Å². The molecule has 0 saturated heterocycles. The van der Waals surface area contributed by atoms with Crippen molar-refractivity contribution in [3.8, 4) is 0 Å². The Morgan fingerprint density at radius 2 is 1.10 bits per heavy atom. The van der Waals surface area contributed by atoms with Gasteiger partial charge in [-0.2, -0.15) is 0 Å². The number of phosphoric acid groups is 1. The standard InChI is InChI=1S/C28H55O10P/c1-3-5-7-9-11-12-14-16-18-20-28(32)38-26(24-37-39(33,34)36-22-25(30)21-29)23-35-27(31)19-17-15-13-10-8-6-4-2/h25-26,29-30H,3-24H2,1-2H3,(H,33,34)/t25-,26+/m0/s1. The Balaban J connectivity index is 4.50. The molecule has 0 radical (unpaired) electrons. The predicted molar refractivity (Wildman–Crippen MR) is 150 cm³/mol. The average Bonchev–Trinajstić information content (AvgIpc) is 2.91. The summed E-state index contributed by atoms with van der Waals surface area (Å²) in [6.45, 7) is 2.26. The van der Waals surface area contributed by atoms with Crippen molar-refractivity contribution in [2.75, 3.05) is 26.4 Å². The molecule has 0 aliphatic heterocycles. The predicted octanol–water partition coefficient (Wildman–Crippen LogP) is 5.99. The molecule has 0 heterocycles. The number of rotatable bonds is 28. The third kappa shape index (κ3) is 25.7. The number of hydrogen-bond acceptors (Lipinski definition) is 9. The summed E-state index contributed by atoms with van der Waals surface area (Å²) in [5.74, 6) is -0.933. The van der Waals surface area contributed by atoms with E-state index in [4.69, 9.17) is 19.1 Å². The normalized spacial score (nSPS) is 14.5. The maximum atomic E-state index is 12.4. The first-order valence-electron chi connectivity index (χ1n) is 15.0. The van der Waals surface area contributed by atoms with Gasteiger partial charge in [0.05, 0.1) is 19.8 Å². The molecule has 0 aliphatic rings. The van der Waals surface area contributed by atoms with Gasteiger partial charge in [-0.15, -0.1) is 0 Å². The van der Waals surface area contributed by atoms with Gasteiger partial charge in [-0.1, -0.05) is 104 Å². The molecule has 0 aromatic carbocycles. The summed E-state index contributed by atoms with van der Waals surface area (Å²) in [5.41, 5.74) is 0. The highest BCUT2D eigenvalue weighted by Gasteiger charge is 2.27. The van der Waals surface area contributed by atoms with Gasteiger partial charge in [0.2, 0.25) is 0 Å². The number of carbonyl (C=O) groups is 2. The Hall–Kier alpha value is -1.03. The van der Waals surface area contributed by atoms with Gasteiger partial charge in [0.25, 0.3) is 0 Å². The van der Waals surface area contributed by atoms with Gasteiger partial charge in [-0.05, 0) is 12.8 Å². The van der Waals surface area contributed by atoms with Crippen molar-refractivity contribution >= 4 is 19.8 Å². The molecule has 0 rings (SSSR count). The fourth-order valence-corrected chi connectivity index (χ4v) is 4.66. The molecular weight excluding hydrogens is 527 g/mol. The van der Waals surface area contributed by atoms with Crippen LogP contribution in [-0.2, 0) is 32.7 Å². The van der Waals surface area contributed by atoms with Crippen molar-refractivity contribution in [2.24, 2.45) is 0 Å². The Morgan fingerprint density at radius 1 is 0.667 bits per heavy atom. The zero-order valence-electron chi connectivity index (χ0n) is 24.4. The van der Waals surface area contributed by atoms with Gasteiger partial charge < -0.3 is 24.6 Å². The van der Waals surface area contributed by atoms with Crippen LogP contribution in [0.3, 0.4) is 0 Å². The summed E-state index contributed by atoms with van der Waals surface area (Å²) in [5, 5.41) is 18.1. The first-order chi connectivity index (χ1) is 18.7. The van der Waals surface area contributed by atoms with Gasteiger partial charge in [-0.3, -0.25) is 18.6 Å². The van der Waals surface area contributed by atoms with E-state index in [1.807, 2.05) is 0 Å². The van der Waals surface area contributed by atoms with E-state index in [1.54, 1.807) is 0 Å². The first kappa shape index (κ1) is 38.0. The lowest BCUT2D eigenvalue weighted by Crippen LogP contribution is -2.29. The number of ether oxygens (including phenoxy) is 2. The lowest BCUT2D eigenvalue weighted by molar-refractivity contribution is -0.161. The molecule has 0 aromatic rings. The van der Waals surface area contributed by atoms with Crippen LogP contribution >= 0.6 is 7.82 Å². The average molecular weight is 583 g/mol. The highest BCUT2D eigenvalue weighted by Crippen LogP contribution is 2.43. The van der Waals surface area contributed by atoms with Gasteiger partial charge >= 0.3 is 19.8 Å². The van der Waals surface area contributed by atoms with Crippen LogP contribution in [0, 0.1) is 0 Å². The quantitative estimate of drug-likeness (QED) is 0.0570. The molecule has 3 N–H and O–H groups in total. The van der Waals surface area contributed by atoms with E-state index in [9.17, 15) is 24.2 Å². The van der Waals surface area contributed by atoms with E-state index in [1.165, 1.54) is 51.4 Å². The molecule has 0 saturated carbocycles. The third-order valence-corrected chi connectivity index (χ3v) is 7.21. The maximum absolute atomic E-state index is 12.4. The minimum Gasteiger partial charge on any atom is -0.462 e. The van der Waals surface area contributed by atoms with Crippen molar-refractivity contribution in [1.29, 1.82) is 0 Å². The minimum absolute atomic E-state index is 0.189. The molecule has 0 bridgehead atoms. The molecule has 0 aliphatic carbocycles. The molecule has 232 valence electrons. The summed E-state index contributed by atoms with van der Waals surface area (Å²) < 4.78 is 32.2. The molecule has 3 atom stereocenters. The van der Waals surface area contributed by atoms with Crippen LogP contribution in [0.2, 0.25) is 0 Å². The summed E-state index contributed by atoms with van der Waals surface area (Å²) in [6, 6.07) is 0. The van der Waals surface area contributed by atoms with E-state index >= 15 is 0 Å². The maximum Gasteiger partial charge on any atom is 0.472 e. The number of carbonyl (C=O) groups excluding carboxylic acids is 2. The van der Waals surface area contributed by atoms with Gasteiger partial charge in [-0.25, -0.2) is 4.57 Å². The molecule has 39 heavy (non-hydrogen) atoms. The highest BCUT2D eigenvalue weighted by molar-refractivity contribution is 7.47. The van der Waals surface area contributed by atoms with E-state index in [2.05, 4.69) is 18.4 Å². The SMILES string of the molecule is CCCCCCCCCCCC(=O)O[C@H](COC(=O)CCCCCCCCC)COP(=O)(O)OC[C@@H](O)CO. The van der Waals surface area contributed by atoms with Crippen molar-refractivity contribution in [3.63, 3.8) is 0 Å². The molecular formula is C28H55O10P. The molecule has 10 nitrogen and oxygen atoms in total. The van der Waals surface area contributed by atoms with Crippen LogP contribution in [0.1, 0.15) is 129 Å². The Labute approximate surface area is 235 Å². The van der Waals surface area contributed by atoms with Gasteiger partial charge in [0.15, 0.2) is 6.10 Å². The number of aliphatic hydroxyl groups excluding tert-OH is 2. The number of hydrogen-bond donors (Lipinski definition) is 3. The highest BCUT2D eigenvalue weighted by atomic mass is 31.2. The number of aliphatic hydroxyl groups is 2. The summed E-state index contributed by atoms with van der Waals surface area (Å²) in [4.78, 5) is 34.3. The number of unbranched alkanes of at least 4 members (excludes halogenated alkanes) is 14. The van der Waals surface area contributed by atoms with Crippen molar-refractivity contribution in [2.45, 2.75) is 142 Å². The second-order valence-electron chi connectivity index (χ2n) is 10.1. The lowest BCUT2D eigenvalue weighted by Gasteiger charge is -2.20. The van der Waals surface area contributed by atoms with Crippen LogP contribution in [0.15, 0.2) is 0 Å². The van der Waals surface area contributed by atoms with Crippen LogP contribution in [0.5, 0.6) is 0 Å². The van der Waals surface area contributed by atoms with E-state index in [0.29, 0.717) is 12.8 Å². The molecule has 11 heteroatoms. The minimum atomic E-state index is -4.59. The van der Waals surface area contributed by atoms with Crippen LogP contribution in [0.25, 0.3) is 0 Å². The molecule has 1 unspecified atom stereocenters. The van der Waals surface area contributed by atoms with E-state index < -0.39 is 51.8 Å². The molecule has 0 amide bonds. The van der Waals surface area contributed by atoms with E-state index in [0.717, 1.165) is 38.5 Å². The van der Waals surface area contributed by atoms with E-state index in [-0.39, 0.29) is 19.4 Å². The molecule has 0 spiro atoms. The van der Waals surface area contributed by atoms with Crippen LogP contribution < -0.4 is 0 Å². The fourth-order valence-electron chi connectivity index (χ4n) is 3.87. The third-order valence-electron chi connectivity index (χ3n) is 6.26. The summed E-state index contributed by atoms with van der Waals surface area (Å²) >= 11 is 0.